The number of nitrogens with zero attached hydrogens (tertiary/aromatic N) is 3. The lowest BCUT2D eigenvalue weighted by Crippen LogP contribution is -2.16. The number of dihydropyridines is 1. The van der Waals surface area contributed by atoms with Gasteiger partial charge in [-0.1, -0.05) is 6.08 Å². The van der Waals surface area contributed by atoms with Crippen molar-refractivity contribution in [3.8, 4) is 0 Å². The monoisotopic (exact) mass is 378 g/mol. The molecule has 0 atom stereocenters. The topological polar surface area (TPSA) is 76.9 Å². The van der Waals surface area contributed by atoms with Crippen molar-refractivity contribution in [2.24, 2.45) is 7.05 Å². The first-order chi connectivity index (χ1) is 11.1. The molecular weight excluding hydrogens is 369 g/mol. The summed E-state index contributed by atoms with van der Waals surface area (Å²) >= 11 is 0. The minimum Gasteiger partial charge on any atom is -0.386 e. The minimum absolute atomic E-state index is 0.00748. The van der Waals surface area contributed by atoms with Crippen LogP contribution in [0.4, 0.5) is 13.2 Å². The Morgan fingerprint density at radius 3 is 2.71 bits per heavy atom. The van der Waals surface area contributed by atoms with Gasteiger partial charge in [0.15, 0.2) is 5.65 Å². The largest absolute Gasteiger partial charge is 0.417 e. The fourth-order valence-corrected chi connectivity index (χ4v) is 3.41. The molecule has 2 aromatic rings. The molecule has 1 N–H and O–H groups in total. The SMILES string of the molecule is Cn1c(C2=CCNC=C2S(=O)(=O)Cl)nc2cc(C(F)(F)F)cnc21. The van der Waals surface area contributed by atoms with Crippen molar-refractivity contribution in [3.05, 3.63) is 40.8 Å². The van der Waals surface area contributed by atoms with E-state index in [9.17, 15) is 21.6 Å². The van der Waals surface area contributed by atoms with Crippen LogP contribution in [0.5, 0.6) is 0 Å². The summed E-state index contributed by atoms with van der Waals surface area (Å²) in [6.45, 7) is 0.329. The van der Waals surface area contributed by atoms with Crippen LogP contribution in [0.3, 0.4) is 0 Å². The average Bonchev–Trinajstić information content (AvgIpc) is 2.82. The van der Waals surface area contributed by atoms with Gasteiger partial charge in [0, 0.05) is 42.2 Å². The summed E-state index contributed by atoms with van der Waals surface area (Å²) in [6.07, 6.45) is -1.07. The highest BCUT2D eigenvalue weighted by molar-refractivity contribution is 8.17. The first kappa shape index (κ1) is 16.8. The van der Waals surface area contributed by atoms with Crippen molar-refractivity contribution in [3.63, 3.8) is 0 Å². The van der Waals surface area contributed by atoms with Crippen LogP contribution in [0.1, 0.15) is 11.4 Å². The van der Waals surface area contributed by atoms with Crippen LogP contribution in [0, 0.1) is 0 Å². The Bertz CT molecular complexity index is 993. The third-order valence-corrected chi connectivity index (χ3v) is 4.82. The lowest BCUT2D eigenvalue weighted by atomic mass is 10.2. The number of allylic oxidation sites excluding steroid dienone is 1. The Morgan fingerprint density at radius 2 is 2.08 bits per heavy atom. The van der Waals surface area contributed by atoms with Crippen LogP contribution in [0.2, 0.25) is 0 Å². The van der Waals surface area contributed by atoms with E-state index in [1.54, 1.807) is 6.08 Å². The maximum atomic E-state index is 12.8. The van der Waals surface area contributed by atoms with Gasteiger partial charge in [-0.15, -0.1) is 0 Å². The molecule has 3 heterocycles. The van der Waals surface area contributed by atoms with Gasteiger partial charge >= 0.3 is 6.18 Å². The highest BCUT2D eigenvalue weighted by Crippen LogP contribution is 2.33. The summed E-state index contributed by atoms with van der Waals surface area (Å²) < 4.78 is 63.2. The molecule has 1 aliphatic rings. The number of fused-ring (bicyclic) bond motifs is 1. The molecule has 0 fully saturated rings. The fourth-order valence-electron chi connectivity index (χ4n) is 2.37. The van der Waals surface area contributed by atoms with Gasteiger partial charge in [-0.3, -0.25) is 0 Å². The van der Waals surface area contributed by atoms with Crippen molar-refractivity contribution >= 4 is 36.5 Å². The number of pyridine rings is 1. The van der Waals surface area contributed by atoms with E-state index in [0.29, 0.717) is 12.7 Å². The van der Waals surface area contributed by atoms with Gasteiger partial charge < -0.3 is 9.88 Å². The number of alkyl halides is 3. The second-order valence-corrected chi connectivity index (χ2v) is 7.57. The van der Waals surface area contributed by atoms with Gasteiger partial charge in [0.25, 0.3) is 9.05 Å². The molecule has 0 saturated heterocycles. The minimum atomic E-state index is -4.54. The number of hydrogen-bond acceptors (Lipinski definition) is 5. The molecule has 1 aliphatic heterocycles. The summed E-state index contributed by atoms with van der Waals surface area (Å²) in [6, 6.07) is 0.867. The second-order valence-electron chi connectivity index (χ2n) is 5.03. The van der Waals surface area contributed by atoms with Crippen LogP contribution in [0.15, 0.2) is 29.4 Å². The normalized spacial score (nSPS) is 15.9. The number of halogens is 4. The smallest absolute Gasteiger partial charge is 0.386 e. The summed E-state index contributed by atoms with van der Waals surface area (Å²) in [5.41, 5.74) is -0.519. The van der Waals surface area contributed by atoms with Crippen LogP contribution >= 0.6 is 10.7 Å². The van der Waals surface area contributed by atoms with Crippen molar-refractivity contribution < 1.29 is 21.6 Å². The molecule has 11 heteroatoms. The van der Waals surface area contributed by atoms with Crippen molar-refractivity contribution in [2.75, 3.05) is 6.54 Å². The van der Waals surface area contributed by atoms with E-state index < -0.39 is 20.8 Å². The predicted octanol–water partition coefficient (Wildman–Crippen LogP) is 2.38. The maximum Gasteiger partial charge on any atom is 0.417 e. The Labute approximate surface area is 139 Å². The highest BCUT2D eigenvalue weighted by atomic mass is 35.7. The number of imidazole rings is 1. The molecule has 0 spiro atoms. The summed E-state index contributed by atoms with van der Waals surface area (Å²) in [7, 11) is 2.89. The third-order valence-electron chi connectivity index (χ3n) is 3.46. The second kappa shape index (κ2) is 5.49. The Hall–Kier alpha value is -2.07. The van der Waals surface area contributed by atoms with Crippen LogP contribution in [-0.2, 0) is 22.3 Å². The number of nitrogens with one attached hydrogen (secondary N) is 1. The van der Waals surface area contributed by atoms with E-state index in [2.05, 4.69) is 15.3 Å². The first-order valence-corrected chi connectivity index (χ1v) is 8.89. The van der Waals surface area contributed by atoms with Crippen LogP contribution in [-0.4, -0.2) is 29.5 Å². The highest BCUT2D eigenvalue weighted by Gasteiger charge is 2.32. The zero-order chi connectivity index (χ0) is 17.7. The number of rotatable bonds is 2. The fraction of sp³-hybridized carbons (Fsp3) is 0.231. The van der Waals surface area contributed by atoms with Crippen molar-refractivity contribution in [1.82, 2.24) is 19.9 Å². The Balaban J connectivity index is 2.19. The summed E-state index contributed by atoms with van der Waals surface area (Å²) in [4.78, 5) is 7.70. The first-order valence-electron chi connectivity index (χ1n) is 6.58. The lowest BCUT2D eigenvalue weighted by Gasteiger charge is -2.14. The molecule has 3 rings (SSSR count). The Morgan fingerprint density at radius 1 is 1.38 bits per heavy atom. The van der Waals surface area contributed by atoms with E-state index in [-0.39, 0.29) is 27.5 Å². The molecule has 0 amide bonds. The Kier molecular flexibility index (Phi) is 3.83. The van der Waals surface area contributed by atoms with Gasteiger partial charge in [-0.05, 0) is 6.07 Å². The molecule has 0 saturated carbocycles. The lowest BCUT2D eigenvalue weighted by molar-refractivity contribution is -0.137. The number of aryl methyl sites for hydroxylation is 1. The predicted molar refractivity (Wildman–Crippen MR) is 82.3 cm³/mol. The van der Waals surface area contributed by atoms with E-state index in [0.717, 1.165) is 6.07 Å². The zero-order valence-corrected chi connectivity index (χ0v) is 13.7. The zero-order valence-electron chi connectivity index (χ0n) is 12.1. The summed E-state index contributed by atoms with van der Waals surface area (Å²) in [5.74, 6) is 0.161. The maximum absolute atomic E-state index is 12.8. The molecule has 0 bridgehead atoms. The van der Waals surface area contributed by atoms with E-state index in [4.69, 9.17) is 10.7 Å². The standard InChI is InChI=1S/C13H10ClF3N4O2S/c1-21-11(8-2-3-18-6-10(8)24(14,22)23)20-9-4-7(13(15,16)17)5-19-12(9)21/h2,4-6,18H,3H2,1H3. The molecule has 0 unspecified atom stereocenters. The number of hydrogen-bond donors (Lipinski definition) is 1. The van der Waals surface area contributed by atoms with Crippen LogP contribution in [0.25, 0.3) is 16.7 Å². The molecule has 2 aromatic heterocycles. The van der Waals surface area contributed by atoms with Crippen LogP contribution < -0.4 is 5.32 Å². The summed E-state index contributed by atoms with van der Waals surface area (Å²) in [5, 5.41) is 2.72. The molecule has 0 aliphatic carbocycles. The molecule has 6 nitrogen and oxygen atoms in total. The molecule has 0 aromatic carbocycles. The van der Waals surface area contributed by atoms with Gasteiger partial charge in [-0.25, -0.2) is 18.4 Å². The van der Waals surface area contributed by atoms with Crippen molar-refractivity contribution in [1.29, 1.82) is 0 Å². The third kappa shape index (κ3) is 2.86. The molecule has 24 heavy (non-hydrogen) atoms. The van der Waals surface area contributed by atoms with Gasteiger partial charge in [-0.2, -0.15) is 13.2 Å². The quantitative estimate of drug-likeness (QED) is 0.812. The van der Waals surface area contributed by atoms with Crippen molar-refractivity contribution in [2.45, 2.75) is 6.18 Å². The van der Waals surface area contributed by atoms with Gasteiger partial charge in [0.1, 0.15) is 16.2 Å². The number of aromatic nitrogens is 3. The van der Waals surface area contributed by atoms with E-state index in [1.165, 1.54) is 17.8 Å². The van der Waals surface area contributed by atoms with E-state index >= 15 is 0 Å². The van der Waals surface area contributed by atoms with Gasteiger partial charge in [0.2, 0.25) is 0 Å². The van der Waals surface area contributed by atoms with E-state index in [1.807, 2.05) is 0 Å². The average molecular weight is 379 g/mol. The van der Waals surface area contributed by atoms with Gasteiger partial charge in [0.05, 0.1) is 5.56 Å². The molecule has 128 valence electrons. The molecule has 0 radical (unpaired) electrons. The molecular formula is C13H10ClF3N4O2S.